The highest BCUT2D eigenvalue weighted by Gasteiger charge is 2.12. The molecule has 102 valence electrons. The molecule has 1 heterocycles. The molecule has 0 radical (unpaired) electrons. The van der Waals surface area contributed by atoms with Gasteiger partial charge in [0.1, 0.15) is 5.82 Å². The number of aromatic nitrogens is 2. The van der Waals surface area contributed by atoms with Gasteiger partial charge in [-0.25, -0.2) is 9.97 Å². The van der Waals surface area contributed by atoms with Crippen molar-refractivity contribution in [3.05, 3.63) is 22.8 Å². The zero-order valence-corrected chi connectivity index (χ0v) is 12.8. The normalized spacial score (nSPS) is 11.2. The summed E-state index contributed by atoms with van der Waals surface area (Å²) in [6.07, 6.45) is 2.82. The molecular weight excluding hydrogens is 242 g/mol. The third-order valence-electron chi connectivity index (χ3n) is 2.83. The van der Waals surface area contributed by atoms with Crippen LogP contribution in [-0.4, -0.2) is 21.8 Å². The summed E-state index contributed by atoms with van der Waals surface area (Å²) in [5.74, 6) is 1.88. The fourth-order valence-electron chi connectivity index (χ4n) is 1.96. The quantitative estimate of drug-likeness (QED) is 0.825. The maximum Gasteiger partial charge on any atom is 0.138 e. The molecule has 1 aromatic rings. The summed E-state index contributed by atoms with van der Waals surface area (Å²) < 4.78 is 0. The molecular formula is C14H25N3S. The molecule has 0 saturated carbocycles. The Bertz CT molecular complexity index is 352. The number of nitrogens with two attached hydrogens (primary N) is 1. The van der Waals surface area contributed by atoms with Crippen LogP contribution in [0, 0.1) is 0 Å². The van der Waals surface area contributed by atoms with Gasteiger partial charge in [0, 0.05) is 11.4 Å². The van der Waals surface area contributed by atoms with E-state index in [-0.39, 0.29) is 0 Å². The highest BCUT2D eigenvalue weighted by atomic mass is 32.2. The van der Waals surface area contributed by atoms with Crippen molar-refractivity contribution < 1.29 is 0 Å². The van der Waals surface area contributed by atoms with E-state index in [9.17, 15) is 0 Å². The van der Waals surface area contributed by atoms with Crippen molar-refractivity contribution in [3.8, 4) is 0 Å². The minimum Gasteiger partial charge on any atom is -0.330 e. The van der Waals surface area contributed by atoms with Crippen molar-refractivity contribution in [2.24, 2.45) is 5.73 Å². The van der Waals surface area contributed by atoms with Gasteiger partial charge >= 0.3 is 0 Å². The van der Waals surface area contributed by atoms with E-state index in [0.717, 1.165) is 30.8 Å². The molecule has 0 aliphatic rings. The Morgan fingerprint density at radius 1 is 1.11 bits per heavy atom. The van der Waals surface area contributed by atoms with E-state index in [1.165, 1.54) is 17.0 Å². The molecule has 0 amide bonds. The summed E-state index contributed by atoms with van der Waals surface area (Å²) in [4.78, 5) is 9.41. The minimum absolute atomic E-state index is 0.618. The SMILES string of the molecule is CCc1nc(CSC(C)C)nc(CC)c1CCN. The fraction of sp³-hybridized carbons (Fsp3) is 0.714. The van der Waals surface area contributed by atoms with Gasteiger partial charge in [0.2, 0.25) is 0 Å². The fourth-order valence-corrected chi connectivity index (χ4v) is 2.57. The molecule has 0 atom stereocenters. The topological polar surface area (TPSA) is 51.8 Å². The number of rotatable bonds is 7. The van der Waals surface area contributed by atoms with Crippen molar-refractivity contribution >= 4 is 11.8 Å². The predicted octanol–water partition coefficient (Wildman–Crippen LogP) is 2.74. The number of nitrogens with zero attached hydrogens (tertiary/aromatic N) is 2. The number of hydrogen-bond acceptors (Lipinski definition) is 4. The molecule has 2 N–H and O–H groups in total. The van der Waals surface area contributed by atoms with Crippen molar-refractivity contribution in [3.63, 3.8) is 0 Å². The average molecular weight is 267 g/mol. The Hall–Kier alpha value is -0.610. The van der Waals surface area contributed by atoms with Gasteiger partial charge in [-0.15, -0.1) is 0 Å². The van der Waals surface area contributed by atoms with E-state index in [1.807, 2.05) is 11.8 Å². The Labute approximate surface area is 115 Å². The summed E-state index contributed by atoms with van der Waals surface area (Å²) in [5.41, 5.74) is 9.34. The van der Waals surface area contributed by atoms with Crippen molar-refractivity contribution in [2.45, 2.75) is 58.0 Å². The first kappa shape index (κ1) is 15.4. The minimum atomic E-state index is 0.618. The Balaban J connectivity index is 3.01. The smallest absolute Gasteiger partial charge is 0.138 e. The van der Waals surface area contributed by atoms with Crippen molar-refractivity contribution in [1.29, 1.82) is 0 Å². The summed E-state index contributed by atoms with van der Waals surface area (Å²) in [7, 11) is 0. The highest BCUT2D eigenvalue weighted by Crippen LogP contribution is 2.19. The Kier molecular flexibility index (Phi) is 6.65. The second kappa shape index (κ2) is 7.74. The molecule has 1 aromatic heterocycles. The van der Waals surface area contributed by atoms with E-state index < -0.39 is 0 Å². The standard InChI is InChI=1S/C14H25N3S/c1-5-12-11(7-8-15)13(6-2)17-14(16-12)9-18-10(3)4/h10H,5-9,15H2,1-4H3. The third kappa shape index (κ3) is 4.25. The Morgan fingerprint density at radius 2 is 1.67 bits per heavy atom. The van der Waals surface area contributed by atoms with Crippen molar-refractivity contribution in [2.75, 3.05) is 6.54 Å². The van der Waals surface area contributed by atoms with Gasteiger partial charge in [-0.3, -0.25) is 0 Å². The van der Waals surface area contributed by atoms with Crippen LogP contribution in [0.2, 0.25) is 0 Å². The number of thioether (sulfide) groups is 1. The zero-order valence-electron chi connectivity index (χ0n) is 12.0. The third-order valence-corrected chi connectivity index (χ3v) is 3.93. The molecule has 0 bridgehead atoms. The summed E-state index contributed by atoms with van der Waals surface area (Å²) in [6, 6.07) is 0. The lowest BCUT2D eigenvalue weighted by Gasteiger charge is -2.13. The van der Waals surface area contributed by atoms with Gasteiger partial charge in [-0.05, 0) is 36.6 Å². The monoisotopic (exact) mass is 267 g/mol. The first-order valence-electron chi connectivity index (χ1n) is 6.81. The lowest BCUT2D eigenvalue weighted by Crippen LogP contribution is -2.13. The van der Waals surface area contributed by atoms with Gasteiger partial charge in [0.15, 0.2) is 0 Å². The van der Waals surface area contributed by atoms with Crippen LogP contribution in [0.1, 0.15) is 50.5 Å². The molecule has 0 saturated heterocycles. The van der Waals surface area contributed by atoms with Crippen LogP contribution in [0.4, 0.5) is 0 Å². The Morgan fingerprint density at radius 3 is 2.06 bits per heavy atom. The molecule has 0 unspecified atom stereocenters. The molecule has 0 aliphatic carbocycles. The van der Waals surface area contributed by atoms with Crippen LogP contribution < -0.4 is 5.73 Å². The van der Waals surface area contributed by atoms with Gasteiger partial charge in [-0.2, -0.15) is 11.8 Å². The van der Waals surface area contributed by atoms with Gasteiger partial charge < -0.3 is 5.73 Å². The van der Waals surface area contributed by atoms with E-state index in [1.54, 1.807) is 0 Å². The van der Waals surface area contributed by atoms with Crippen LogP contribution in [0.15, 0.2) is 0 Å². The molecule has 18 heavy (non-hydrogen) atoms. The number of aryl methyl sites for hydroxylation is 2. The molecule has 0 aliphatic heterocycles. The largest absolute Gasteiger partial charge is 0.330 e. The molecule has 1 rings (SSSR count). The van der Waals surface area contributed by atoms with Crippen LogP contribution in [-0.2, 0) is 25.0 Å². The first-order valence-corrected chi connectivity index (χ1v) is 7.86. The van der Waals surface area contributed by atoms with E-state index in [4.69, 9.17) is 15.7 Å². The van der Waals surface area contributed by atoms with Gasteiger partial charge in [0.25, 0.3) is 0 Å². The first-order chi connectivity index (χ1) is 8.62. The predicted molar refractivity (Wildman–Crippen MR) is 80.0 cm³/mol. The van der Waals surface area contributed by atoms with Crippen LogP contribution in [0.5, 0.6) is 0 Å². The van der Waals surface area contributed by atoms with Gasteiger partial charge in [-0.1, -0.05) is 27.7 Å². The molecule has 0 aromatic carbocycles. The summed E-state index contributed by atoms with van der Waals surface area (Å²) in [6.45, 7) is 9.38. The molecule has 4 heteroatoms. The maximum atomic E-state index is 5.68. The summed E-state index contributed by atoms with van der Waals surface area (Å²) in [5, 5.41) is 0.618. The molecule has 3 nitrogen and oxygen atoms in total. The lowest BCUT2D eigenvalue weighted by atomic mass is 10.0. The summed E-state index contributed by atoms with van der Waals surface area (Å²) >= 11 is 1.89. The lowest BCUT2D eigenvalue weighted by molar-refractivity contribution is 0.815. The van der Waals surface area contributed by atoms with E-state index >= 15 is 0 Å². The zero-order chi connectivity index (χ0) is 13.5. The number of hydrogen-bond donors (Lipinski definition) is 1. The second-order valence-electron chi connectivity index (χ2n) is 4.62. The highest BCUT2D eigenvalue weighted by molar-refractivity contribution is 7.99. The maximum absolute atomic E-state index is 5.68. The van der Waals surface area contributed by atoms with Crippen LogP contribution in [0.3, 0.4) is 0 Å². The molecule has 0 spiro atoms. The van der Waals surface area contributed by atoms with E-state index in [2.05, 4.69) is 27.7 Å². The average Bonchev–Trinajstić information content (AvgIpc) is 2.37. The van der Waals surface area contributed by atoms with Crippen LogP contribution in [0.25, 0.3) is 0 Å². The molecule has 0 fully saturated rings. The van der Waals surface area contributed by atoms with Crippen molar-refractivity contribution in [1.82, 2.24) is 9.97 Å². The second-order valence-corrected chi connectivity index (χ2v) is 6.18. The van der Waals surface area contributed by atoms with E-state index in [0.29, 0.717) is 11.8 Å². The van der Waals surface area contributed by atoms with Gasteiger partial charge in [0.05, 0.1) is 5.75 Å². The van der Waals surface area contributed by atoms with Crippen LogP contribution >= 0.6 is 11.8 Å².